The largest absolute Gasteiger partial charge is 0.507 e. The summed E-state index contributed by atoms with van der Waals surface area (Å²) in [5, 5.41) is 12.1. The molecule has 0 saturated carbocycles. The van der Waals surface area contributed by atoms with E-state index in [0.29, 0.717) is 26.4 Å². The standard InChI is InChI=1S/C26H17Cl2FN2O3S/c1-12-3-4-13(2)16(9-12)23(32)21-22(14-5-7-17(27)18(28)10-14)31(25(34)24(21)33)26-30-19-8-6-15(29)11-20(19)35-26/h3-11,22,32H,1-2H3/b23-21+. The summed E-state index contributed by atoms with van der Waals surface area (Å²) in [5.74, 6) is -2.45. The normalized spacial score (nSPS) is 17.5. The van der Waals surface area contributed by atoms with Crippen LogP contribution in [0.1, 0.15) is 28.3 Å². The van der Waals surface area contributed by atoms with Gasteiger partial charge in [0.05, 0.1) is 31.9 Å². The third kappa shape index (κ3) is 3.99. The molecule has 3 aromatic carbocycles. The number of Topliss-reactive ketones (excluding diaryl/α,β-unsaturated/α-hetero) is 1. The van der Waals surface area contributed by atoms with E-state index in [0.717, 1.165) is 22.5 Å². The molecule has 1 saturated heterocycles. The van der Waals surface area contributed by atoms with E-state index in [1.54, 1.807) is 31.2 Å². The van der Waals surface area contributed by atoms with Crippen LogP contribution in [0.2, 0.25) is 10.0 Å². The molecule has 0 spiro atoms. The SMILES string of the molecule is Cc1ccc(C)c(/C(O)=C2\C(=O)C(=O)N(c3nc4ccc(F)cc4s3)C2c2ccc(Cl)c(Cl)c2)c1. The van der Waals surface area contributed by atoms with Gasteiger partial charge >= 0.3 is 5.91 Å². The summed E-state index contributed by atoms with van der Waals surface area (Å²) in [5.41, 5.74) is 2.92. The van der Waals surface area contributed by atoms with Crippen LogP contribution in [0.25, 0.3) is 16.0 Å². The highest BCUT2D eigenvalue weighted by atomic mass is 35.5. The number of anilines is 1. The van der Waals surface area contributed by atoms with Crippen LogP contribution in [0.5, 0.6) is 0 Å². The van der Waals surface area contributed by atoms with Gasteiger partial charge < -0.3 is 5.11 Å². The van der Waals surface area contributed by atoms with Crippen molar-refractivity contribution in [1.29, 1.82) is 0 Å². The Labute approximate surface area is 214 Å². The summed E-state index contributed by atoms with van der Waals surface area (Å²) < 4.78 is 14.3. The van der Waals surface area contributed by atoms with Gasteiger partial charge in [-0.3, -0.25) is 14.5 Å². The number of benzene rings is 3. The molecule has 0 radical (unpaired) electrons. The Morgan fingerprint density at radius 1 is 1.03 bits per heavy atom. The number of hydrogen-bond donors (Lipinski definition) is 1. The van der Waals surface area contributed by atoms with E-state index in [1.807, 2.05) is 19.1 Å². The number of hydrogen-bond acceptors (Lipinski definition) is 5. The molecule has 176 valence electrons. The van der Waals surface area contributed by atoms with Gasteiger partial charge in [-0.2, -0.15) is 0 Å². The van der Waals surface area contributed by atoms with Crippen molar-refractivity contribution in [3.63, 3.8) is 0 Å². The summed E-state index contributed by atoms with van der Waals surface area (Å²) in [7, 11) is 0. The van der Waals surface area contributed by atoms with E-state index in [4.69, 9.17) is 23.2 Å². The van der Waals surface area contributed by atoms with Gasteiger partial charge in [0.15, 0.2) is 5.13 Å². The maximum Gasteiger partial charge on any atom is 0.301 e. The summed E-state index contributed by atoms with van der Waals surface area (Å²) in [6.45, 7) is 3.67. The lowest BCUT2D eigenvalue weighted by molar-refractivity contribution is -0.132. The molecule has 1 unspecified atom stereocenters. The number of aliphatic hydroxyl groups excluding tert-OH is 1. The number of carbonyl (C=O) groups is 2. The lowest BCUT2D eigenvalue weighted by atomic mass is 9.93. The van der Waals surface area contributed by atoms with Gasteiger partial charge in [-0.25, -0.2) is 9.37 Å². The third-order valence-corrected chi connectivity index (χ3v) is 7.65. The second kappa shape index (κ2) is 8.75. The van der Waals surface area contributed by atoms with Gasteiger partial charge in [0.2, 0.25) is 0 Å². The van der Waals surface area contributed by atoms with Crippen LogP contribution in [-0.2, 0) is 9.59 Å². The van der Waals surface area contributed by atoms with E-state index >= 15 is 0 Å². The first-order valence-corrected chi connectivity index (χ1v) is 12.1. The van der Waals surface area contributed by atoms with Crippen LogP contribution in [0.3, 0.4) is 0 Å². The monoisotopic (exact) mass is 526 g/mol. The molecular weight excluding hydrogens is 510 g/mol. The second-order valence-corrected chi connectivity index (χ2v) is 10.1. The molecule has 4 aromatic rings. The van der Waals surface area contributed by atoms with Gasteiger partial charge in [-0.05, 0) is 61.4 Å². The minimum atomic E-state index is -1.02. The first-order chi connectivity index (χ1) is 16.7. The molecular formula is C26H17Cl2FN2O3S. The first kappa shape index (κ1) is 23.5. The zero-order chi connectivity index (χ0) is 25.0. The van der Waals surface area contributed by atoms with E-state index < -0.39 is 23.5 Å². The number of nitrogens with zero attached hydrogens (tertiary/aromatic N) is 2. The van der Waals surface area contributed by atoms with Crippen LogP contribution in [0.4, 0.5) is 9.52 Å². The molecule has 9 heteroatoms. The lowest BCUT2D eigenvalue weighted by Gasteiger charge is -2.23. The molecule has 0 bridgehead atoms. The quantitative estimate of drug-likeness (QED) is 0.177. The molecule has 0 aliphatic carbocycles. The highest BCUT2D eigenvalue weighted by Gasteiger charge is 2.48. The smallest absolute Gasteiger partial charge is 0.301 e. The molecule has 1 fully saturated rings. The second-order valence-electron chi connectivity index (χ2n) is 8.27. The number of amides is 1. The van der Waals surface area contributed by atoms with Crippen LogP contribution >= 0.6 is 34.5 Å². The summed E-state index contributed by atoms with van der Waals surface area (Å²) in [6.07, 6.45) is 0. The minimum absolute atomic E-state index is 0.0903. The fourth-order valence-corrected chi connectivity index (χ4v) is 5.48. The fraction of sp³-hybridized carbons (Fsp3) is 0.115. The van der Waals surface area contributed by atoms with Gasteiger partial charge in [0, 0.05) is 5.56 Å². The fourth-order valence-electron chi connectivity index (χ4n) is 4.15. The summed E-state index contributed by atoms with van der Waals surface area (Å²) in [6, 6.07) is 13.3. The first-order valence-electron chi connectivity index (χ1n) is 10.6. The molecule has 5 nitrogen and oxygen atoms in total. The Morgan fingerprint density at radius 3 is 2.54 bits per heavy atom. The predicted molar refractivity (Wildman–Crippen MR) is 137 cm³/mol. The van der Waals surface area contributed by atoms with Gasteiger partial charge in [-0.15, -0.1) is 0 Å². The Morgan fingerprint density at radius 2 is 1.80 bits per heavy atom. The third-order valence-electron chi connectivity index (χ3n) is 5.90. The van der Waals surface area contributed by atoms with Crippen molar-refractivity contribution >= 4 is 67.3 Å². The van der Waals surface area contributed by atoms with E-state index in [1.165, 1.54) is 23.1 Å². The van der Waals surface area contributed by atoms with Crippen molar-refractivity contribution in [2.24, 2.45) is 0 Å². The lowest BCUT2D eigenvalue weighted by Crippen LogP contribution is -2.29. The number of aliphatic hydroxyl groups is 1. The molecule has 1 amide bonds. The molecule has 1 aliphatic rings. The number of thiazole rings is 1. The van der Waals surface area contributed by atoms with Gasteiger partial charge in [0.25, 0.3) is 5.78 Å². The van der Waals surface area contributed by atoms with E-state index in [2.05, 4.69) is 4.98 Å². The zero-order valence-corrected chi connectivity index (χ0v) is 20.8. The van der Waals surface area contributed by atoms with Crippen molar-refractivity contribution in [3.8, 4) is 0 Å². The summed E-state index contributed by atoms with van der Waals surface area (Å²) >= 11 is 13.5. The molecule has 35 heavy (non-hydrogen) atoms. The number of halogens is 3. The number of aryl methyl sites for hydroxylation is 2. The Balaban J connectivity index is 1.77. The molecule has 1 N–H and O–H groups in total. The average Bonchev–Trinajstić information content (AvgIpc) is 3.34. The highest BCUT2D eigenvalue weighted by molar-refractivity contribution is 7.22. The Hall–Kier alpha value is -3.26. The highest BCUT2D eigenvalue weighted by Crippen LogP contribution is 2.45. The predicted octanol–water partition coefficient (Wildman–Crippen LogP) is 6.99. The maximum absolute atomic E-state index is 13.8. The van der Waals surface area contributed by atoms with Crippen molar-refractivity contribution in [1.82, 2.24) is 4.98 Å². The van der Waals surface area contributed by atoms with Crippen molar-refractivity contribution in [2.75, 3.05) is 4.90 Å². The van der Waals surface area contributed by atoms with Crippen molar-refractivity contribution < 1.29 is 19.1 Å². The van der Waals surface area contributed by atoms with E-state index in [9.17, 15) is 19.1 Å². The van der Waals surface area contributed by atoms with Crippen LogP contribution in [0.15, 0.2) is 60.2 Å². The molecule has 2 heterocycles. The van der Waals surface area contributed by atoms with Crippen molar-refractivity contribution in [2.45, 2.75) is 19.9 Å². The molecule has 1 aliphatic heterocycles. The van der Waals surface area contributed by atoms with E-state index in [-0.39, 0.29) is 21.5 Å². The minimum Gasteiger partial charge on any atom is -0.507 e. The Kier molecular flexibility index (Phi) is 5.87. The summed E-state index contributed by atoms with van der Waals surface area (Å²) in [4.78, 5) is 32.4. The topological polar surface area (TPSA) is 70.5 Å². The van der Waals surface area contributed by atoms with Gasteiger partial charge in [0.1, 0.15) is 11.6 Å². The number of rotatable bonds is 3. The number of ketones is 1. The molecule has 1 aromatic heterocycles. The molecule has 1 atom stereocenters. The number of carbonyl (C=O) groups excluding carboxylic acids is 2. The number of fused-ring (bicyclic) bond motifs is 1. The zero-order valence-electron chi connectivity index (χ0n) is 18.5. The van der Waals surface area contributed by atoms with Gasteiger partial charge in [-0.1, -0.05) is 58.3 Å². The van der Waals surface area contributed by atoms with Crippen LogP contribution in [0, 0.1) is 19.7 Å². The van der Waals surface area contributed by atoms with Crippen molar-refractivity contribution in [3.05, 3.63) is 98.3 Å². The van der Waals surface area contributed by atoms with Crippen LogP contribution < -0.4 is 4.90 Å². The average molecular weight is 527 g/mol. The van der Waals surface area contributed by atoms with Crippen LogP contribution in [-0.4, -0.2) is 21.8 Å². The molecule has 5 rings (SSSR count). The maximum atomic E-state index is 13.8. The Bertz CT molecular complexity index is 1580. The number of aromatic nitrogens is 1.